The van der Waals surface area contributed by atoms with Gasteiger partial charge in [0.15, 0.2) is 0 Å². The molecule has 0 atom stereocenters. The first-order chi connectivity index (χ1) is 5.72. The smallest absolute Gasteiger partial charge is 0.365 e. The molecule has 0 amide bonds. The molecule has 0 aromatic rings. The molecule has 0 bridgehead atoms. The molecular formula is C10H24AlN. The first-order valence-electron chi connectivity index (χ1n) is 5.46. The standard InChI is InChI=1S/C8H18N.2CH3.Al/c1-3-5-7-9-8-6-4-2;;;/h3-8H2,1-2H3;2*1H3;/q-1;;;+1. The van der Waals surface area contributed by atoms with Crippen LogP contribution in [0.25, 0.3) is 0 Å². The van der Waals surface area contributed by atoms with Gasteiger partial charge in [0.05, 0.1) is 0 Å². The fraction of sp³-hybridized carbons (Fsp3) is 1.00. The summed E-state index contributed by atoms with van der Waals surface area (Å²) < 4.78 is 2.73. The lowest BCUT2D eigenvalue weighted by Gasteiger charge is -2.24. The number of rotatable bonds is 7. The Morgan fingerprint density at radius 3 is 1.58 bits per heavy atom. The Bertz CT molecular complexity index is 85.8. The Morgan fingerprint density at radius 1 is 0.917 bits per heavy atom. The molecule has 0 aliphatic heterocycles. The summed E-state index contributed by atoms with van der Waals surface area (Å²) in [5.41, 5.74) is 0. The topological polar surface area (TPSA) is 3.24 Å². The van der Waals surface area contributed by atoms with Crippen LogP contribution in [-0.4, -0.2) is 31.3 Å². The zero-order valence-corrected chi connectivity index (χ0v) is 10.4. The Kier molecular flexibility index (Phi) is 8.44. The normalized spacial score (nSPS) is 10.8. The van der Waals surface area contributed by atoms with Gasteiger partial charge in [-0.05, 0) is 25.9 Å². The lowest BCUT2D eigenvalue weighted by Crippen LogP contribution is -2.36. The Hall–Kier alpha value is 0.492. The van der Waals surface area contributed by atoms with E-state index in [1.54, 1.807) is 0 Å². The van der Waals surface area contributed by atoms with Gasteiger partial charge < -0.3 is 3.88 Å². The summed E-state index contributed by atoms with van der Waals surface area (Å²) >= 11 is -0.515. The molecule has 12 heavy (non-hydrogen) atoms. The van der Waals surface area contributed by atoms with Crippen molar-refractivity contribution in [2.45, 2.75) is 51.1 Å². The molecular weight excluding hydrogens is 161 g/mol. The minimum absolute atomic E-state index is 0.515. The SMILES string of the molecule is CCCC[N](CCCC)[Al]([CH3])[CH3]. The highest BCUT2D eigenvalue weighted by atomic mass is 27.2. The lowest BCUT2D eigenvalue weighted by atomic mass is 10.3. The fourth-order valence-electron chi connectivity index (χ4n) is 1.35. The van der Waals surface area contributed by atoms with Crippen molar-refractivity contribution in [3.63, 3.8) is 0 Å². The quantitative estimate of drug-likeness (QED) is 0.551. The number of unbranched alkanes of at least 4 members (excludes halogenated alkanes) is 2. The van der Waals surface area contributed by atoms with Crippen LogP contribution in [0.5, 0.6) is 0 Å². The first-order valence-corrected chi connectivity index (χ1v) is 8.29. The van der Waals surface area contributed by atoms with Gasteiger partial charge >= 0.3 is 14.4 Å². The highest BCUT2D eigenvalue weighted by Gasteiger charge is 2.12. The second-order valence-electron chi connectivity index (χ2n) is 3.84. The number of hydrogen-bond acceptors (Lipinski definition) is 1. The zero-order valence-electron chi connectivity index (χ0n) is 9.27. The fourth-order valence-corrected chi connectivity index (χ4v) is 2.75. The molecule has 0 unspecified atom stereocenters. The summed E-state index contributed by atoms with van der Waals surface area (Å²) in [6.45, 7) is 7.25. The van der Waals surface area contributed by atoms with Crippen molar-refractivity contribution in [1.29, 1.82) is 0 Å². The lowest BCUT2D eigenvalue weighted by molar-refractivity contribution is 0.413. The summed E-state index contributed by atoms with van der Waals surface area (Å²) in [5, 5.41) is 0. The molecule has 0 aliphatic rings. The Balaban J connectivity index is 3.55. The van der Waals surface area contributed by atoms with Crippen LogP contribution in [0.1, 0.15) is 39.5 Å². The van der Waals surface area contributed by atoms with E-state index in [1.165, 1.54) is 38.8 Å². The molecule has 0 heterocycles. The van der Waals surface area contributed by atoms with E-state index >= 15 is 0 Å². The molecule has 0 N–H and O–H groups in total. The average molecular weight is 185 g/mol. The minimum atomic E-state index is -0.515. The van der Waals surface area contributed by atoms with Crippen LogP contribution in [0.15, 0.2) is 0 Å². The summed E-state index contributed by atoms with van der Waals surface area (Å²) in [6.07, 6.45) is 5.44. The van der Waals surface area contributed by atoms with Gasteiger partial charge in [-0.15, -0.1) is 0 Å². The third-order valence-electron chi connectivity index (χ3n) is 2.33. The van der Waals surface area contributed by atoms with Crippen LogP contribution >= 0.6 is 0 Å². The largest absolute Gasteiger partial charge is 0.385 e. The third kappa shape index (κ3) is 6.06. The molecule has 0 fully saturated rings. The molecule has 0 aromatic carbocycles. The maximum atomic E-state index is 2.73. The molecule has 0 saturated heterocycles. The van der Waals surface area contributed by atoms with Crippen molar-refractivity contribution in [1.82, 2.24) is 3.88 Å². The molecule has 1 nitrogen and oxygen atoms in total. The first kappa shape index (κ1) is 12.5. The van der Waals surface area contributed by atoms with Gasteiger partial charge in [0.1, 0.15) is 0 Å². The predicted octanol–water partition coefficient (Wildman–Crippen LogP) is 3.14. The molecule has 72 valence electrons. The van der Waals surface area contributed by atoms with E-state index in [-0.39, 0.29) is 0 Å². The van der Waals surface area contributed by atoms with E-state index < -0.39 is 14.4 Å². The van der Waals surface area contributed by atoms with Crippen molar-refractivity contribution < 1.29 is 0 Å². The second-order valence-corrected chi connectivity index (χ2v) is 6.75. The van der Waals surface area contributed by atoms with Crippen molar-refractivity contribution in [3.05, 3.63) is 0 Å². The van der Waals surface area contributed by atoms with Gasteiger partial charge in [0.2, 0.25) is 0 Å². The van der Waals surface area contributed by atoms with Crippen LogP contribution in [-0.2, 0) is 0 Å². The molecule has 0 aliphatic carbocycles. The van der Waals surface area contributed by atoms with Crippen molar-refractivity contribution in [2.24, 2.45) is 0 Å². The Morgan fingerprint density at radius 2 is 1.33 bits per heavy atom. The minimum Gasteiger partial charge on any atom is -0.385 e. The third-order valence-corrected chi connectivity index (χ3v) is 4.31. The van der Waals surface area contributed by atoms with E-state index in [4.69, 9.17) is 0 Å². The molecule has 0 spiro atoms. The maximum Gasteiger partial charge on any atom is 0.365 e. The van der Waals surface area contributed by atoms with E-state index in [0.717, 1.165) is 0 Å². The predicted molar refractivity (Wildman–Crippen MR) is 58.9 cm³/mol. The van der Waals surface area contributed by atoms with Crippen LogP contribution in [0.4, 0.5) is 0 Å². The summed E-state index contributed by atoms with van der Waals surface area (Å²) in [7, 11) is 0. The van der Waals surface area contributed by atoms with Gasteiger partial charge in [0, 0.05) is 0 Å². The van der Waals surface area contributed by atoms with Crippen molar-refractivity contribution >= 4 is 14.4 Å². The Labute approximate surface area is 82.8 Å². The summed E-state index contributed by atoms with van der Waals surface area (Å²) in [5.74, 6) is 4.87. The van der Waals surface area contributed by atoms with E-state index in [2.05, 4.69) is 29.3 Å². The van der Waals surface area contributed by atoms with E-state index in [0.29, 0.717) is 0 Å². The van der Waals surface area contributed by atoms with E-state index in [1.807, 2.05) is 0 Å². The highest BCUT2D eigenvalue weighted by Crippen LogP contribution is 2.01. The van der Waals surface area contributed by atoms with Crippen LogP contribution in [0.2, 0.25) is 11.6 Å². The number of hydrogen-bond donors (Lipinski definition) is 0. The van der Waals surface area contributed by atoms with E-state index in [9.17, 15) is 0 Å². The van der Waals surface area contributed by atoms with Crippen LogP contribution < -0.4 is 0 Å². The summed E-state index contributed by atoms with van der Waals surface area (Å²) in [6, 6.07) is 0. The maximum absolute atomic E-state index is 2.73. The van der Waals surface area contributed by atoms with Gasteiger partial charge in [-0.25, -0.2) is 0 Å². The van der Waals surface area contributed by atoms with Gasteiger partial charge in [0.25, 0.3) is 0 Å². The molecule has 0 rings (SSSR count). The highest BCUT2D eigenvalue weighted by molar-refractivity contribution is 6.52. The van der Waals surface area contributed by atoms with Gasteiger partial charge in [-0.2, -0.15) is 0 Å². The average Bonchev–Trinajstić information content (AvgIpc) is 2.04. The van der Waals surface area contributed by atoms with Crippen LogP contribution in [0.3, 0.4) is 0 Å². The van der Waals surface area contributed by atoms with Crippen LogP contribution in [0, 0.1) is 0 Å². The molecule has 0 radical (unpaired) electrons. The molecule has 2 heteroatoms. The van der Waals surface area contributed by atoms with Crippen molar-refractivity contribution in [2.75, 3.05) is 13.1 Å². The number of nitrogens with zero attached hydrogens (tertiary/aromatic N) is 1. The zero-order chi connectivity index (χ0) is 9.40. The molecule has 0 aromatic heterocycles. The molecule has 0 saturated carbocycles. The summed E-state index contributed by atoms with van der Waals surface area (Å²) in [4.78, 5) is 0. The van der Waals surface area contributed by atoms with Gasteiger partial charge in [-0.1, -0.05) is 38.3 Å². The monoisotopic (exact) mass is 185 g/mol. The van der Waals surface area contributed by atoms with Crippen molar-refractivity contribution in [3.8, 4) is 0 Å². The second kappa shape index (κ2) is 8.11. The van der Waals surface area contributed by atoms with Gasteiger partial charge in [-0.3, -0.25) is 0 Å².